The van der Waals surface area contributed by atoms with Crippen LogP contribution in [0.15, 0.2) is 54.6 Å². The Morgan fingerprint density at radius 2 is 1.87 bits per heavy atom. The maximum atomic E-state index is 10.9. The van der Waals surface area contributed by atoms with E-state index in [1.165, 1.54) is 4.90 Å². The van der Waals surface area contributed by atoms with Crippen molar-refractivity contribution in [1.82, 2.24) is 4.90 Å². The molecule has 4 heteroatoms. The second kappa shape index (κ2) is 6.57. The van der Waals surface area contributed by atoms with E-state index in [-0.39, 0.29) is 0 Å². The number of amides is 1. The van der Waals surface area contributed by atoms with Gasteiger partial charge in [-0.3, -0.25) is 0 Å². The molecule has 1 aliphatic rings. The Bertz CT molecular complexity index is 702. The fraction of sp³-hybridized carbons (Fsp3) is 0.211. The summed E-state index contributed by atoms with van der Waals surface area (Å²) in [5, 5.41) is 8.96. The Kier molecular flexibility index (Phi) is 4.33. The van der Waals surface area contributed by atoms with Crippen LogP contribution < -0.4 is 4.74 Å². The van der Waals surface area contributed by atoms with Crippen molar-refractivity contribution >= 4 is 11.7 Å². The lowest BCUT2D eigenvalue weighted by Gasteiger charge is -2.13. The average molecular weight is 309 g/mol. The summed E-state index contributed by atoms with van der Waals surface area (Å²) in [6, 6.07) is 16.2. The third kappa shape index (κ3) is 3.21. The van der Waals surface area contributed by atoms with Gasteiger partial charge in [-0.05, 0) is 29.2 Å². The first-order chi connectivity index (χ1) is 11.2. The van der Waals surface area contributed by atoms with Gasteiger partial charge < -0.3 is 14.7 Å². The molecule has 0 aromatic heterocycles. The van der Waals surface area contributed by atoms with Crippen LogP contribution >= 0.6 is 0 Å². The van der Waals surface area contributed by atoms with Gasteiger partial charge in [0.1, 0.15) is 12.4 Å². The van der Waals surface area contributed by atoms with Gasteiger partial charge in [-0.2, -0.15) is 0 Å². The number of ether oxygens (including phenoxy) is 1. The number of nitrogens with zero attached hydrogens (tertiary/aromatic N) is 1. The Balaban J connectivity index is 1.98. The van der Waals surface area contributed by atoms with Gasteiger partial charge >= 0.3 is 6.09 Å². The van der Waals surface area contributed by atoms with E-state index in [4.69, 9.17) is 9.84 Å². The van der Waals surface area contributed by atoms with Crippen molar-refractivity contribution in [2.75, 3.05) is 13.6 Å². The lowest BCUT2D eigenvalue weighted by atomic mass is 9.93. The largest absolute Gasteiger partial charge is 0.488 e. The summed E-state index contributed by atoms with van der Waals surface area (Å²) in [5.74, 6) is 0.863. The van der Waals surface area contributed by atoms with Crippen LogP contribution in [-0.4, -0.2) is 29.7 Å². The van der Waals surface area contributed by atoms with E-state index in [1.807, 2.05) is 36.4 Å². The fourth-order valence-corrected chi connectivity index (χ4v) is 2.74. The van der Waals surface area contributed by atoms with Crippen molar-refractivity contribution in [1.29, 1.82) is 0 Å². The topological polar surface area (TPSA) is 49.8 Å². The van der Waals surface area contributed by atoms with E-state index >= 15 is 0 Å². The Morgan fingerprint density at radius 3 is 2.65 bits per heavy atom. The van der Waals surface area contributed by atoms with Crippen LogP contribution in [0.2, 0.25) is 0 Å². The van der Waals surface area contributed by atoms with E-state index in [0.717, 1.165) is 28.0 Å². The standard InChI is InChI=1S/C19H19NO3/c1-20(19(21)22)12-6-10-16-15-8-3-2-7-14(15)13-23-18-11-5-4-9-17(16)18/h2-5,7-11H,6,12-13H2,1H3,(H,21,22). The minimum Gasteiger partial charge on any atom is -0.488 e. The third-order valence-corrected chi connectivity index (χ3v) is 4.01. The zero-order valence-corrected chi connectivity index (χ0v) is 13.0. The molecule has 1 heterocycles. The van der Waals surface area contributed by atoms with Gasteiger partial charge in [0.15, 0.2) is 0 Å². The SMILES string of the molecule is CN(CCC=C1c2ccccc2COc2ccccc21)C(=O)O. The van der Waals surface area contributed by atoms with Crippen LogP contribution in [-0.2, 0) is 6.61 Å². The van der Waals surface area contributed by atoms with Gasteiger partial charge in [0, 0.05) is 19.2 Å². The van der Waals surface area contributed by atoms with Crippen LogP contribution in [0.1, 0.15) is 23.1 Å². The highest BCUT2D eigenvalue weighted by atomic mass is 16.5. The first-order valence-electron chi connectivity index (χ1n) is 7.61. The minimum atomic E-state index is -0.909. The Morgan fingerprint density at radius 1 is 1.17 bits per heavy atom. The zero-order valence-electron chi connectivity index (χ0n) is 13.0. The van der Waals surface area contributed by atoms with E-state index in [2.05, 4.69) is 18.2 Å². The van der Waals surface area contributed by atoms with Crippen LogP contribution in [0, 0.1) is 0 Å². The molecule has 1 amide bonds. The maximum Gasteiger partial charge on any atom is 0.407 e. The highest BCUT2D eigenvalue weighted by molar-refractivity contribution is 5.84. The van der Waals surface area contributed by atoms with E-state index in [0.29, 0.717) is 19.6 Å². The predicted octanol–water partition coefficient (Wildman–Crippen LogP) is 4.01. The minimum absolute atomic E-state index is 0.462. The quantitative estimate of drug-likeness (QED) is 0.932. The summed E-state index contributed by atoms with van der Waals surface area (Å²) < 4.78 is 5.93. The molecule has 1 aliphatic heterocycles. The monoisotopic (exact) mass is 309 g/mol. The van der Waals surface area contributed by atoms with Crippen molar-refractivity contribution in [2.45, 2.75) is 13.0 Å². The number of benzene rings is 2. The molecule has 0 saturated carbocycles. The summed E-state index contributed by atoms with van der Waals surface area (Å²) >= 11 is 0. The molecule has 0 aliphatic carbocycles. The number of carbonyl (C=O) groups is 1. The smallest absolute Gasteiger partial charge is 0.407 e. The number of hydrogen-bond acceptors (Lipinski definition) is 2. The molecule has 0 radical (unpaired) electrons. The van der Waals surface area contributed by atoms with Gasteiger partial charge in [0.05, 0.1) is 0 Å². The zero-order chi connectivity index (χ0) is 16.2. The van der Waals surface area contributed by atoms with Crippen LogP contribution in [0.4, 0.5) is 4.79 Å². The van der Waals surface area contributed by atoms with E-state index < -0.39 is 6.09 Å². The molecule has 0 unspecified atom stereocenters. The number of rotatable bonds is 3. The summed E-state index contributed by atoms with van der Waals surface area (Å²) in [6.07, 6.45) is 1.85. The third-order valence-electron chi connectivity index (χ3n) is 4.01. The molecular formula is C19H19NO3. The van der Waals surface area contributed by atoms with Crippen LogP contribution in [0.5, 0.6) is 5.75 Å². The molecule has 23 heavy (non-hydrogen) atoms. The van der Waals surface area contributed by atoms with Gasteiger partial charge in [-0.1, -0.05) is 48.5 Å². The highest BCUT2D eigenvalue weighted by Gasteiger charge is 2.18. The second-order valence-corrected chi connectivity index (χ2v) is 5.55. The average Bonchev–Trinajstić information content (AvgIpc) is 2.72. The maximum absolute atomic E-state index is 10.9. The molecule has 118 valence electrons. The number of fused-ring (bicyclic) bond motifs is 2. The molecule has 0 atom stereocenters. The molecular weight excluding hydrogens is 290 g/mol. The molecule has 2 aromatic rings. The molecule has 3 rings (SSSR count). The van der Waals surface area contributed by atoms with Gasteiger partial charge in [-0.15, -0.1) is 0 Å². The van der Waals surface area contributed by atoms with Crippen molar-refractivity contribution in [3.05, 3.63) is 71.3 Å². The molecule has 1 N–H and O–H groups in total. The van der Waals surface area contributed by atoms with Crippen LogP contribution in [0.3, 0.4) is 0 Å². The second-order valence-electron chi connectivity index (χ2n) is 5.55. The normalized spacial score (nSPS) is 14.4. The van der Waals surface area contributed by atoms with Gasteiger partial charge in [0.2, 0.25) is 0 Å². The van der Waals surface area contributed by atoms with Gasteiger partial charge in [0.25, 0.3) is 0 Å². The molecule has 2 aromatic carbocycles. The summed E-state index contributed by atoms with van der Waals surface area (Å²) in [6.45, 7) is 1.00. The number of carboxylic acid groups (broad SMARTS) is 1. The lowest BCUT2D eigenvalue weighted by molar-refractivity contribution is 0.157. The number of hydrogen-bond donors (Lipinski definition) is 1. The fourth-order valence-electron chi connectivity index (χ4n) is 2.74. The van der Waals surface area contributed by atoms with E-state index in [1.54, 1.807) is 7.05 Å². The first-order valence-corrected chi connectivity index (χ1v) is 7.61. The summed E-state index contributed by atoms with van der Waals surface area (Å²) in [5.41, 5.74) is 4.44. The number of para-hydroxylation sites is 1. The van der Waals surface area contributed by atoms with Gasteiger partial charge in [-0.25, -0.2) is 4.79 Å². The van der Waals surface area contributed by atoms with Crippen molar-refractivity contribution in [2.24, 2.45) is 0 Å². The van der Waals surface area contributed by atoms with Crippen LogP contribution in [0.25, 0.3) is 5.57 Å². The Hall–Kier alpha value is -2.75. The highest BCUT2D eigenvalue weighted by Crippen LogP contribution is 2.36. The molecule has 0 spiro atoms. The lowest BCUT2D eigenvalue weighted by Crippen LogP contribution is -2.25. The molecule has 0 fully saturated rings. The van der Waals surface area contributed by atoms with E-state index in [9.17, 15) is 4.79 Å². The summed E-state index contributed by atoms with van der Waals surface area (Å²) in [7, 11) is 1.58. The predicted molar refractivity (Wildman–Crippen MR) is 89.6 cm³/mol. The van der Waals surface area contributed by atoms with Crippen molar-refractivity contribution in [3.63, 3.8) is 0 Å². The molecule has 0 saturated heterocycles. The molecule has 0 bridgehead atoms. The van der Waals surface area contributed by atoms with Crippen molar-refractivity contribution in [3.8, 4) is 5.75 Å². The van der Waals surface area contributed by atoms with Crippen molar-refractivity contribution < 1.29 is 14.6 Å². The summed E-state index contributed by atoms with van der Waals surface area (Å²) in [4.78, 5) is 12.2. The molecule has 4 nitrogen and oxygen atoms in total. The Labute approximate surface area is 135 Å². The first kappa shape index (κ1) is 15.2.